The van der Waals surface area contributed by atoms with Crippen LogP contribution in [-0.2, 0) is 14.2 Å². The van der Waals surface area contributed by atoms with E-state index in [2.05, 4.69) is 19.2 Å². The first kappa shape index (κ1) is 17.8. The van der Waals surface area contributed by atoms with Gasteiger partial charge in [0.2, 0.25) is 0 Å². The molecule has 0 unspecified atom stereocenters. The van der Waals surface area contributed by atoms with Gasteiger partial charge in [-0.25, -0.2) is 0 Å². The van der Waals surface area contributed by atoms with E-state index in [4.69, 9.17) is 14.2 Å². The van der Waals surface area contributed by atoms with E-state index < -0.39 is 0 Å². The maximum absolute atomic E-state index is 5.54. The van der Waals surface area contributed by atoms with Crippen molar-refractivity contribution in [1.82, 2.24) is 5.32 Å². The van der Waals surface area contributed by atoms with E-state index in [-0.39, 0.29) is 0 Å². The largest absolute Gasteiger partial charge is 0.382 e. The lowest BCUT2D eigenvalue weighted by Gasteiger charge is -2.08. The Balaban J connectivity index is 2.90. The first-order valence-corrected chi connectivity index (χ1v) is 7.15. The number of methoxy groups -OCH3 is 1. The highest BCUT2D eigenvalue weighted by molar-refractivity contribution is 4.52. The standard InChI is InChI=1S/C14H31NO3/c1-14(2)15-8-5-4-6-9-17-10-7-11-18-13-12-16-3/h14-15H,4-13H2,1-3H3. The number of hydrogen-bond donors (Lipinski definition) is 1. The van der Waals surface area contributed by atoms with Crippen molar-refractivity contribution in [2.45, 2.75) is 45.6 Å². The molecule has 110 valence electrons. The molecule has 0 atom stereocenters. The maximum atomic E-state index is 5.54. The molecule has 0 aliphatic carbocycles. The zero-order valence-corrected chi connectivity index (χ0v) is 12.4. The monoisotopic (exact) mass is 261 g/mol. The smallest absolute Gasteiger partial charge is 0.0700 e. The minimum Gasteiger partial charge on any atom is -0.382 e. The Labute approximate surface area is 112 Å². The molecule has 0 aromatic carbocycles. The van der Waals surface area contributed by atoms with Crippen molar-refractivity contribution in [3.8, 4) is 0 Å². The van der Waals surface area contributed by atoms with Crippen molar-refractivity contribution in [3.63, 3.8) is 0 Å². The van der Waals surface area contributed by atoms with Crippen LogP contribution in [0.4, 0.5) is 0 Å². The third-order valence-corrected chi connectivity index (χ3v) is 2.53. The van der Waals surface area contributed by atoms with E-state index in [9.17, 15) is 0 Å². The molecule has 4 nitrogen and oxygen atoms in total. The number of unbranched alkanes of at least 4 members (excludes halogenated alkanes) is 2. The van der Waals surface area contributed by atoms with Crippen LogP contribution in [0.3, 0.4) is 0 Å². The second-order valence-corrected chi connectivity index (χ2v) is 4.74. The minimum atomic E-state index is 0.597. The fourth-order valence-electron chi connectivity index (χ4n) is 1.51. The van der Waals surface area contributed by atoms with Crippen molar-refractivity contribution in [2.24, 2.45) is 0 Å². The Hall–Kier alpha value is -0.160. The van der Waals surface area contributed by atoms with Crippen molar-refractivity contribution in [3.05, 3.63) is 0 Å². The molecule has 0 saturated carbocycles. The minimum absolute atomic E-state index is 0.597. The van der Waals surface area contributed by atoms with Gasteiger partial charge in [-0.2, -0.15) is 0 Å². The zero-order valence-electron chi connectivity index (χ0n) is 12.4. The van der Waals surface area contributed by atoms with Crippen LogP contribution in [0.25, 0.3) is 0 Å². The highest BCUT2D eigenvalue weighted by Crippen LogP contribution is 1.96. The van der Waals surface area contributed by atoms with Crippen LogP contribution in [0.5, 0.6) is 0 Å². The molecular formula is C14H31NO3. The molecule has 0 fully saturated rings. The van der Waals surface area contributed by atoms with Crippen LogP contribution in [-0.4, -0.2) is 52.7 Å². The van der Waals surface area contributed by atoms with Gasteiger partial charge in [0.15, 0.2) is 0 Å². The highest BCUT2D eigenvalue weighted by Gasteiger charge is 1.94. The van der Waals surface area contributed by atoms with E-state index in [0.29, 0.717) is 19.3 Å². The molecule has 0 aliphatic heterocycles. The second kappa shape index (κ2) is 14.9. The predicted octanol–water partition coefficient (Wildman–Crippen LogP) is 2.22. The van der Waals surface area contributed by atoms with Crippen LogP contribution in [0.15, 0.2) is 0 Å². The van der Waals surface area contributed by atoms with Crippen LogP contribution in [0.2, 0.25) is 0 Å². The lowest BCUT2D eigenvalue weighted by Crippen LogP contribution is -2.23. The van der Waals surface area contributed by atoms with E-state index >= 15 is 0 Å². The molecule has 1 N–H and O–H groups in total. The van der Waals surface area contributed by atoms with Crippen molar-refractivity contribution >= 4 is 0 Å². The normalized spacial score (nSPS) is 11.3. The Morgan fingerprint density at radius 3 is 2.11 bits per heavy atom. The van der Waals surface area contributed by atoms with Crippen molar-refractivity contribution < 1.29 is 14.2 Å². The summed E-state index contributed by atoms with van der Waals surface area (Å²) >= 11 is 0. The molecule has 0 aromatic rings. The fraction of sp³-hybridized carbons (Fsp3) is 1.00. The summed E-state index contributed by atoms with van der Waals surface area (Å²) in [4.78, 5) is 0. The van der Waals surface area contributed by atoms with Gasteiger partial charge >= 0.3 is 0 Å². The van der Waals surface area contributed by atoms with Gasteiger partial charge in [0.05, 0.1) is 13.2 Å². The van der Waals surface area contributed by atoms with Crippen LogP contribution < -0.4 is 5.32 Å². The number of ether oxygens (including phenoxy) is 3. The summed E-state index contributed by atoms with van der Waals surface area (Å²) in [6.07, 6.45) is 4.61. The predicted molar refractivity (Wildman–Crippen MR) is 75.1 cm³/mol. The summed E-state index contributed by atoms with van der Waals surface area (Å²) < 4.78 is 15.8. The number of rotatable bonds is 14. The summed E-state index contributed by atoms with van der Waals surface area (Å²) in [6, 6.07) is 0.597. The third-order valence-electron chi connectivity index (χ3n) is 2.53. The molecular weight excluding hydrogens is 230 g/mol. The summed E-state index contributed by atoms with van der Waals surface area (Å²) in [6.45, 7) is 9.27. The maximum Gasteiger partial charge on any atom is 0.0700 e. The van der Waals surface area contributed by atoms with Gasteiger partial charge in [-0.15, -0.1) is 0 Å². The molecule has 0 spiro atoms. The van der Waals surface area contributed by atoms with Crippen molar-refractivity contribution in [2.75, 3.05) is 46.7 Å². The topological polar surface area (TPSA) is 39.7 Å². The average molecular weight is 261 g/mol. The second-order valence-electron chi connectivity index (χ2n) is 4.74. The Morgan fingerprint density at radius 1 is 0.778 bits per heavy atom. The first-order valence-electron chi connectivity index (χ1n) is 7.15. The number of hydrogen-bond acceptors (Lipinski definition) is 4. The molecule has 0 aromatic heterocycles. The Morgan fingerprint density at radius 2 is 1.44 bits per heavy atom. The molecule has 0 rings (SSSR count). The quantitative estimate of drug-likeness (QED) is 0.487. The Kier molecular flexibility index (Phi) is 14.8. The highest BCUT2D eigenvalue weighted by atomic mass is 16.5. The summed E-state index contributed by atoms with van der Waals surface area (Å²) in [5.74, 6) is 0. The van der Waals surface area contributed by atoms with Crippen LogP contribution >= 0.6 is 0 Å². The average Bonchev–Trinajstić information content (AvgIpc) is 2.34. The van der Waals surface area contributed by atoms with Crippen molar-refractivity contribution in [1.29, 1.82) is 0 Å². The summed E-state index contributed by atoms with van der Waals surface area (Å²) in [5.41, 5.74) is 0. The molecule has 0 bridgehead atoms. The number of nitrogens with one attached hydrogen (secondary N) is 1. The van der Waals surface area contributed by atoms with E-state index in [1.165, 1.54) is 12.8 Å². The van der Waals surface area contributed by atoms with E-state index in [1.807, 2.05) is 0 Å². The molecule has 0 radical (unpaired) electrons. The lowest BCUT2D eigenvalue weighted by molar-refractivity contribution is 0.0508. The third kappa shape index (κ3) is 15.8. The SMILES string of the molecule is COCCOCCCOCCCCCNC(C)C. The van der Waals surface area contributed by atoms with Gasteiger partial charge in [-0.05, 0) is 32.2 Å². The van der Waals surface area contributed by atoms with Gasteiger partial charge < -0.3 is 19.5 Å². The van der Waals surface area contributed by atoms with Crippen LogP contribution in [0.1, 0.15) is 39.5 Å². The molecule has 0 heterocycles. The summed E-state index contributed by atoms with van der Waals surface area (Å²) in [5, 5.41) is 3.41. The summed E-state index contributed by atoms with van der Waals surface area (Å²) in [7, 11) is 1.68. The zero-order chi connectivity index (χ0) is 13.5. The first-order chi connectivity index (χ1) is 8.77. The van der Waals surface area contributed by atoms with Gasteiger partial charge in [0.1, 0.15) is 0 Å². The van der Waals surface area contributed by atoms with E-state index in [0.717, 1.165) is 39.2 Å². The van der Waals surface area contributed by atoms with Gasteiger partial charge in [0.25, 0.3) is 0 Å². The molecule has 4 heteroatoms. The van der Waals surface area contributed by atoms with Gasteiger partial charge in [-0.1, -0.05) is 13.8 Å². The van der Waals surface area contributed by atoms with Gasteiger partial charge in [-0.3, -0.25) is 0 Å². The molecule has 18 heavy (non-hydrogen) atoms. The van der Waals surface area contributed by atoms with Crippen LogP contribution in [0, 0.1) is 0 Å². The molecule has 0 amide bonds. The Bertz CT molecular complexity index is 154. The molecule has 0 saturated heterocycles. The lowest BCUT2D eigenvalue weighted by atomic mass is 10.2. The fourth-order valence-corrected chi connectivity index (χ4v) is 1.51. The molecule has 0 aliphatic rings. The van der Waals surface area contributed by atoms with E-state index in [1.54, 1.807) is 7.11 Å². The van der Waals surface area contributed by atoms with Gasteiger partial charge in [0, 0.05) is 33.0 Å².